The third-order valence-electron chi connectivity index (χ3n) is 2.47. The first-order chi connectivity index (χ1) is 8.06. The number of halogens is 1. The summed E-state index contributed by atoms with van der Waals surface area (Å²) in [4.78, 5) is 13.3. The van der Waals surface area contributed by atoms with Crippen LogP contribution < -0.4 is 16.0 Å². The van der Waals surface area contributed by atoms with Crippen LogP contribution in [-0.2, 0) is 0 Å². The van der Waals surface area contributed by atoms with E-state index < -0.39 is 0 Å². The molecule has 1 aromatic carbocycles. The number of nitrogens with one attached hydrogen (secondary N) is 1. The zero-order valence-electron chi connectivity index (χ0n) is 10.2. The second kappa shape index (κ2) is 6.35. The van der Waals surface area contributed by atoms with Crippen molar-refractivity contribution in [1.82, 2.24) is 5.32 Å². The molecule has 1 rings (SSSR count). The normalized spacial score (nSPS) is 10.1. The van der Waals surface area contributed by atoms with Gasteiger partial charge in [0.1, 0.15) is 0 Å². The molecular formula is C12H18ClN3O. The van der Waals surface area contributed by atoms with Crippen LogP contribution in [-0.4, -0.2) is 19.6 Å². The number of hydrogen-bond donors (Lipinski definition) is 2. The Labute approximate surface area is 107 Å². The third-order valence-corrected chi connectivity index (χ3v) is 2.70. The molecule has 0 spiro atoms. The van der Waals surface area contributed by atoms with E-state index in [0.29, 0.717) is 22.9 Å². The Bertz CT molecular complexity index is 395. The van der Waals surface area contributed by atoms with Gasteiger partial charge in [-0.1, -0.05) is 24.9 Å². The molecule has 0 atom stereocenters. The summed E-state index contributed by atoms with van der Waals surface area (Å²) < 4.78 is 0. The van der Waals surface area contributed by atoms with Crippen molar-refractivity contribution < 1.29 is 4.79 Å². The SMILES string of the molecule is CCCCNC(=O)N(C)c1cc(Cl)ccc1N. The number of carbonyl (C=O) groups is 1. The number of nitrogen functional groups attached to an aromatic ring is 1. The van der Waals surface area contributed by atoms with E-state index in [0.717, 1.165) is 12.8 Å². The lowest BCUT2D eigenvalue weighted by Gasteiger charge is -2.20. The van der Waals surface area contributed by atoms with Crippen LogP contribution in [0.15, 0.2) is 18.2 Å². The first-order valence-electron chi connectivity index (χ1n) is 5.62. The molecule has 4 nitrogen and oxygen atoms in total. The van der Waals surface area contributed by atoms with Gasteiger partial charge in [-0.25, -0.2) is 4.79 Å². The van der Waals surface area contributed by atoms with Crippen molar-refractivity contribution >= 4 is 29.0 Å². The molecule has 0 heterocycles. The molecule has 0 aromatic heterocycles. The third kappa shape index (κ3) is 3.82. The van der Waals surface area contributed by atoms with E-state index in [1.807, 2.05) is 0 Å². The molecule has 1 aromatic rings. The van der Waals surface area contributed by atoms with Crippen molar-refractivity contribution in [1.29, 1.82) is 0 Å². The predicted molar refractivity (Wildman–Crippen MR) is 72.6 cm³/mol. The molecule has 0 aliphatic heterocycles. The van der Waals surface area contributed by atoms with E-state index in [4.69, 9.17) is 17.3 Å². The van der Waals surface area contributed by atoms with Crippen molar-refractivity contribution in [3.05, 3.63) is 23.2 Å². The first-order valence-corrected chi connectivity index (χ1v) is 6.00. The highest BCUT2D eigenvalue weighted by Gasteiger charge is 2.12. The topological polar surface area (TPSA) is 58.4 Å². The van der Waals surface area contributed by atoms with Crippen LogP contribution >= 0.6 is 11.6 Å². The maximum Gasteiger partial charge on any atom is 0.321 e. The number of benzene rings is 1. The molecule has 0 radical (unpaired) electrons. The molecule has 2 amide bonds. The number of hydrogen-bond acceptors (Lipinski definition) is 2. The van der Waals surface area contributed by atoms with E-state index >= 15 is 0 Å². The van der Waals surface area contributed by atoms with Gasteiger partial charge >= 0.3 is 6.03 Å². The minimum Gasteiger partial charge on any atom is -0.397 e. The van der Waals surface area contributed by atoms with E-state index in [9.17, 15) is 4.79 Å². The molecule has 0 aliphatic carbocycles. The molecule has 5 heteroatoms. The predicted octanol–water partition coefficient (Wildman–Crippen LogP) is 2.87. The van der Waals surface area contributed by atoms with Crippen molar-refractivity contribution in [3.63, 3.8) is 0 Å². The Kier molecular flexibility index (Phi) is 5.10. The van der Waals surface area contributed by atoms with Crippen LogP contribution in [0.25, 0.3) is 0 Å². The Hall–Kier alpha value is -1.42. The average molecular weight is 256 g/mol. The molecule has 0 unspecified atom stereocenters. The average Bonchev–Trinajstić information content (AvgIpc) is 2.31. The van der Waals surface area contributed by atoms with Crippen LogP contribution in [0.2, 0.25) is 5.02 Å². The molecule has 0 bridgehead atoms. The zero-order valence-corrected chi connectivity index (χ0v) is 10.9. The van der Waals surface area contributed by atoms with Gasteiger partial charge < -0.3 is 11.1 Å². The lowest BCUT2D eigenvalue weighted by molar-refractivity contribution is 0.247. The monoisotopic (exact) mass is 255 g/mol. The summed E-state index contributed by atoms with van der Waals surface area (Å²) in [5.41, 5.74) is 6.95. The highest BCUT2D eigenvalue weighted by molar-refractivity contribution is 6.31. The summed E-state index contributed by atoms with van der Waals surface area (Å²) >= 11 is 5.88. The largest absolute Gasteiger partial charge is 0.397 e. The number of nitrogens with two attached hydrogens (primary N) is 1. The lowest BCUT2D eigenvalue weighted by atomic mass is 10.2. The standard InChI is InChI=1S/C12H18ClN3O/c1-3-4-7-15-12(17)16(2)11-8-9(13)5-6-10(11)14/h5-6,8H,3-4,7,14H2,1-2H3,(H,15,17). The van der Waals surface area contributed by atoms with Gasteiger partial charge in [-0.3, -0.25) is 4.90 Å². The fourth-order valence-electron chi connectivity index (χ4n) is 1.41. The number of amides is 2. The van der Waals surface area contributed by atoms with Gasteiger partial charge in [0.05, 0.1) is 11.4 Å². The van der Waals surface area contributed by atoms with E-state index in [1.165, 1.54) is 4.90 Å². The molecular weight excluding hydrogens is 238 g/mol. The number of carbonyl (C=O) groups excluding carboxylic acids is 1. The second-order valence-corrected chi connectivity index (χ2v) is 4.28. The second-order valence-electron chi connectivity index (χ2n) is 3.85. The lowest BCUT2D eigenvalue weighted by Crippen LogP contribution is -2.38. The van der Waals surface area contributed by atoms with E-state index in [1.54, 1.807) is 25.2 Å². The molecule has 3 N–H and O–H groups in total. The number of rotatable bonds is 4. The highest BCUT2D eigenvalue weighted by Crippen LogP contribution is 2.25. The Morgan fingerprint density at radius 2 is 2.24 bits per heavy atom. The highest BCUT2D eigenvalue weighted by atomic mass is 35.5. The van der Waals surface area contributed by atoms with Gasteiger partial charge in [-0.2, -0.15) is 0 Å². The molecule has 0 saturated heterocycles. The summed E-state index contributed by atoms with van der Waals surface area (Å²) in [5, 5.41) is 3.37. The van der Waals surface area contributed by atoms with Gasteiger partial charge in [0.25, 0.3) is 0 Å². The number of nitrogens with zero attached hydrogens (tertiary/aromatic N) is 1. The van der Waals surface area contributed by atoms with Crippen molar-refractivity contribution in [3.8, 4) is 0 Å². The van der Waals surface area contributed by atoms with Gasteiger partial charge in [-0.15, -0.1) is 0 Å². The van der Waals surface area contributed by atoms with Crippen LogP contribution in [0.5, 0.6) is 0 Å². The Morgan fingerprint density at radius 3 is 2.88 bits per heavy atom. The van der Waals surface area contributed by atoms with Gasteiger partial charge in [-0.05, 0) is 24.6 Å². The first kappa shape index (κ1) is 13.6. The molecule has 94 valence electrons. The van der Waals surface area contributed by atoms with Crippen LogP contribution in [0, 0.1) is 0 Å². The molecule has 17 heavy (non-hydrogen) atoms. The Balaban J connectivity index is 2.71. The summed E-state index contributed by atoms with van der Waals surface area (Å²) in [6.45, 7) is 2.74. The zero-order chi connectivity index (χ0) is 12.8. The van der Waals surface area contributed by atoms with Crippen molar-refractivity contribution in [2.75, 3.05) is 24.2 Å². The van der Waals surface area contributed by atoms with Crippen LogP contribution in [0.4, 0.5) is 16.2 Å². The van der Waals surface area contributed by atoms with Crippen molar-refractivity contribution in [2.45, 2.75) is 19.8 Å². The fourth-order valence-corrected chi connectivity index (χ4v) is 1.57. The summed E-state index contributed by atoms with van der Waals surface area (Å²) in [7, 11) is 1.67. The van der Waals surface area contributed by atoms with E-state index in [2.05, 4.69) is 12.2 Å². The van der Waals surface area contributed by atoms with Crippen molar-refractivity contribution in [2.24, 2.45) is 0 Å². The number of anilines is 2. The molecule has 0 saturated carbocycles. The van der Waals surface area contributed by atoms with Crippen LogP contribution in [0.1, 0.15) is 19.8 Å². The minimum absolute atomic E-state index is 0.174. The maximum atomic E-state index is 11.8. The summed E-state index contributed by atoms with van der Waals surface area (Å²) in [5.74, 6) is 0. The van der Waals surface area contributed by atoms with E-state index in [-0.39, 0.29) is 6.03 Å². The maximum absolute atomic E-state index is 11.8. The molecule has 0 aliphatic rings. The summed E-state index contributed by atoms with van der Waals surface area (Å²) in [6.07, 6.45) is 2.01. The number of unbranched alkanes of at least 4 members (excludes halogenated alkanes) is 1. The van der Waals surface area contributed by atoms with Crippen LogP contribution in [0.3, 0.4) is 0 Å². The van der Waals surface area contributed by atoms with Gasteiger partial charge in [0, 0.05) is 18.6 Å². The van der Waals surface area contributed by atoms with Gasteiger partial charge in [0.15, 0.2) is 0 Å². The number of urea groups is 1. The quantitative estimate of drug-likeness (QED) is 0.642. The Morgan fingerprint density at radius 1 is 1.53 bits per heavy atom. The van der Waals surface area contributed by atoms with Gasteiger partial charge in [0.2, 0.25) is 0 Å². The molecule has 0 fully saturated rings. The fraction of sp³-hybridized carbons (Fsp3) is 0.417. The minimum atomic E-state index is -0.174. The summed E-state index contributed by atoms with van der Waals surface area (Å²) in [6, 6.07) is 4.89. The smallest absolute Gasteiger partial charge is 0.321 e.